The van der Waals surface area contributed by atoms with Gasteiger partial charge in [0.2, 0.25) is 5.88 Å². The Labute approximate surface area is 729 Å². The van der Waals surface area contributed by atoms with Gasteiger partial charge in [0.05, 0.1) is 105 Å². The topological polar surface area (TPSA) is 350 Å². The summed E-state index contributed by atoms with van der Waals surface area (Å²) < 4.78 is 53.4. The number of amides is 4. The Hall–Kier alpha value is -13.1. The largest absolute Gasteiger partial charge is 0.471 e. The van der Waals surface area contributed by atoms with E-state index in [1.807, 2.05) is 66.7 Å². The van der Waals surface area contributed by atoms with Crippen LogP contribution in [0.5, 0.6) is 23.8 Å². The number of aryl methyl sites for hydroxylation is 5. The molecule has 1 aromatic carbocycles. The zero-order valence-electron chi connectivity index (χ0n) is 69.1. The number of halogens is 4. The van der Waals surface area contributed by atoms with Gasteiger partial charge in [0.15, 0.2) is 29.1 Å². The number of piperidine rings is 8. The van der Waals surface area contributed by atoms with Crippen molar-refractivity contribution in [2.24, 2.45) is 23.7 Å². The summed E-state index contributed by atoms with van der Waals surface area (Å²) in [6.45, 7) is 12.1. The molecule has 8 saturated heterocycles. The maximum absolute atomic E-state index is 14.7. The Balaban J connectivity index is 0.000000118. The molecule has 12 fully saturated rings. The summed E-state index contributed by atoms with van der Waals surface area (Å²) in [5.74, 6) is 1.87. The van der Waals surface area contributed by atoms with E-state index in [1.54, 1.807) is 110 Å². The van der Waals surface area contributed by atoms with Gasteiger partial charge in [-0.05, 0) is 219 Å². The van der Waals surface area contributed by atoms with Crippen molar-refractivity contribution in [2.75, 3.05) is 26.2 Å². The fourth-order valence-electron chi connectivity index (χ4n) is 18.3. The summed E-state index contributed by atoms with van der Waals surface area (Å²) in [5, 5.41) is 0.881. The molecule has 24 rings (SSSR count). The summed E-state index contributed by atoms with van der Waals surface area (Å²) in [4.78, 5) is 139. The standard InChI is InChI=1S/C24H24FN5O2.C23H24N6O2.C22H19ClFN5O2.C22H21ClN6O2/c1-14-8-17(22-26-6-3-7-27-22)21(28-11-14)24(31)30-13-16-4-5-19(30)20(10-16)32-23-18(25)9-15(2)12-29-23;1-14-8-17(22-24-6-3-7-25-22)21(28-10-14)23(30)29-13-16-4-5-18(29)19(9-16)31-20-12-26-15(2)11-27-20;23-14-10-27-22(28-11-14)31-18-9-13-5-6-17(18)29(12-13)21(30)15-3-1-4-16(24)19(15)20-25-7-2-8-26-20;1-13-3-5-16(20-24-7-2-8-25-20)19(28-13)21(30)29-12-14-4-6-17(29)18(9-14)31-22-26-10-15(23)11-27-22/h3,6-9,11-12,16,19-20H,4-5,10,13H2,1-2H3;3,6-8,10-12,16,18-19H,4-5,9,13H2,1-2H3;1-4,7-8,10-11,13,17-18H,5-6,9,12H2;2-3,5,7-8,10-11,14,17-18H,4,6,9,12H2,1H3. The Kier molecular flexibility index (Phi) is 25.3. The van der Waals surface area contributed by atoms with Crippen molar-refractivity contribution in [3.8, 4) is 69.3 Å². The van der Waals surface area contributed by atoms with E-state index < -0.39 is 11.6 Å². The average molecular weight is 1730 g/mol. The van der Waals surface area contributed by atoms with E-state index in [4.69, 9.17) is 42.1 Å². The fourth-order valence-corrected chi connectivity index (χ4v) is 18.5. The summed E-state index contributed by atoms with van der Waals surface area (Å²) in [7, 11) is 0. The highest BCUT2D eigenvalue weighted by atomic mass is 35.5. The monoisotopic (exact) mass is 1720 g/mol. The van der Waals surface area contributed by atoms with Crippen molar-refractivity contribution < 1.29 is 46.9 Å². The number of hydrogen-bond donors (Lipinski definition) is 0. The van der Waals surface area contributed by atoms with Gasteiger partial charge in [-0.25, -0.2) is 83.5 Å². The first-order chi connectivity index (χ1) is 60.7. The highest BCUT2D eigenvalue weighted by Crippen LogP contribution is 2.44. The van der Waals surface area contributed by atoms with Crippen LogP contribution in [0.3, 0.4) is 0 Å². The van der Waals surface area contributed by atoms with Crippen LogP contribution in [-0.4, -0.2) is 208 Å². The molecule has 12 aliphatic rings. The molecule has 125 heavy (non-hydrogen) atoms. The maximum Gasteiger partial charge on any atom is 0.316 e. The van der Waals surface area contributed by atoms with Crippen LogP contribution in [0.1, 0.15) is 147 Å². The van der Waals surface area contributed by atoms with E-state index >= 15 is 0 Å². The van der Waals surface area contributed by atoms with Gasteiger partial charge in [-0.2, -0.15) is 0 Å². The maximum atomic E-state index is 14.7. The first-order valence-electron chi connectivity index (χ1n) is 41.8. The van der Waals surface area contributed by atoms with E-state index in [2.05, 4.69) is 89.7 Å². The van der Waals surface area contributed by atoms with Gasteiger partial charge in [-0.1, -0.05) is 29.3 Å². The number of hydrogen-bond acceptors (Lipinski definition) is 26. The average Bonchev–Trinajstić information content (AvgIpc) is 0.775. The first kappa shape index (κ1) is 84.1. The lowest BCUT2D eigenvalue weighted by atomic mass is 9.77. The van der Waals surface area contributed by atoms with Crippen LogP contribution in [0.15, 0.2) is 178 Å². The molecule has 0 radical (unpaired) electrons. The number of nitrogens with zero attached hydrogens (tertiary/aromatic N) is 22. The zero-order valence-corrected chi connectivity index (χ0v) is 70.6. The van der Waals surface area contributed by atoms with Gasteiger partial charge in [-0.15, -0.1) is 0 Å². The molecule has 8 aliphatic heterocycles. The van der Waals surface area contributed by atoms with Crippen molar-refractivity contribution in [3.63, 3.8) is 0 Å². The Morgan fingerprint density at radius 3 is 1.18 bits per heavy atom. The fraction of sp³-hybridized carbons (Fsp3) is 0.363. The summed E-state index contributed by atoms with van der Waals surface area (Å²) in [6, 6.07) is 20.4. The molecule has 4 amide bonds. The van der Waals surface area contributed by atoms with Gasteiger partial charge in [0.25, 0.3) is 29.5 Å². The van der Waals surface area contributed by atoms with E-state index in [-0.39, 0.29) is 107 Å². The third-order valence-electron chi connectivity index (χ3n) is 24.0. The van der Waals surface area contributed by atoms with Crippen molar-refractivity contribution in [2.45, 2.75) is 160 Å². The van der Waals surface area contributed by atoms with Crippen LogP contribution in [0, 0.1) is 69.9 Å². The molecule has 11 aromatic heterocycles. The van der Waals surface area contributed by atoms with Crippen molar-refractivity contribution in [1.29, 1.82) is 0 Å². The zero-order chi connectivity index (χ0) is 86.4. The Morgan fingerprint density at radius 1 is 0.352 bits per heavy atom. The van der Waals surface area contributed by atoms with Crippen LogP contribution in [0.4, 0.5) is 8.78 Å². The molecule has 638 valence electrons. The molecule has 4 aliphatic carbocycles. The van der Waals surface area contributed by atoms with Crippen LogP contribution in [0.2, 0.25) is 10.0 Å². The smallest absolute Gasteiger partial charge is 0.316 e. The Morgan fingerprint density at radius 2 is 0.752 bits per heavy atom. The number of fused-ring (bicyclic) bond motifs is 12. The molecular weight excluding hydrogens is 1640 g/mol. The van der Waals surface area contributed by atoms with Crippen molar-refractivity contribution in [1.82, 2.24) is 109 Å². The molecular formula is C91H88Cl2F2N22O8. The van der Waals surface area contributed by atoms with Gasteiger partial charge in [0.1, 0.15) is 47.3 Å². The highest BCUT2D eigenvalue weighted by molar-refractivity contribution is 6.30. The molecule has 4 saturated carbocycles. The summed E-state index contributed by atoms with van der Waals surface area (Å²) in [6.07, 6.45) is 37.5. The lowest BCUT2D eigenvalue weighted by Crippen LogP contribution is -2.59. The molecule has 12 aromatic rings. The lowest BCUT2D eigenvalue weighted by molar-refractivity contribution is -0.0332. The minimum atomic E-state index is -0.526. The van der Waals surface area contributed by atoms with E-state index in [0.29, 0.717) is 117 Å². The van der Waals surface area contributed by atoms with Crippen LogP contribution in [-0.2, 0) is 0 Å². The molecule has 0 N–H and O–H groups in total. The van der Waals surface area contributed by atoms with Gasteiger partial charge in [-0.3, -0.25) is 34.1 Å². The van der Waals surface area contributed by atoms with Crippen molar-refractivity contribution >= 4 is 46.8 Å². The molecule has 12 unspecified atom stereocenters. The summed E-state index contributed by atoms with van der Waals surface area (Å²) >= 11 is 11.7. The molecule has 0 spiro atoms. The number of carbonyl (C=O) groups is 4. The van der Waals surface area contributed by atoms with E-state index in [0.717, 1.165) is 105 Å². The number of rotatable bonds is 16. The molecule has 8 bridgehead atoms. The summed E-state index contributed by atoms with van der Waals surface area (Å²) in [5.41, 5.74) is 7.59. The number of ether oxygens (including phenoxy) is 4. The molecule has 34 heteroatoms. The normalized spacial score (nSPS) is 22.3. The highest BCUT2D eigenvalue weighted by Gasteiger charge is 2.50. The second-order valence-electron chi connectivity index (χ2n) is 32.7. The van der Waals surface area contributed by atoms with E-state index in [9.17, 15) is 28.0 Å². The van der Waals surface area contributed by atoms with Crippen molar-refractivity contribution in [3.05, 3.63) is 251 Å². The first-order valence-corrected chi connectivity index (χ1v) is 42.6. The van der Waals surface area contributed by atoms with Crippen LogP contribution in [0.25, 0.3) is 45.6 Å². The molecule has 30 nitrogen and oxygen atoms in total. The van der Waals surface area contributed by atoms with Gasteiger partial charge >= 0.3 is 12.0 Å². The third kappa shape index (κ3) is 19.0. The van der Waals surface area contributed by atoms with Crippen LogP contribution >= 0.6 is 23.2 Å². The number of pyridine rings is 4. The molecule has 19 heterocycles. The van der Waals surface area contributed by atoms with Crippen LogP contribution < -0.4 is 18.9 Å². The number of aromatic nitrogens is 18. The predicted molar refractivity (Wildman–Crippen MR) is 454 cm³/mol. The molecule has 12 atom stereocenters. The quantitative estimate of drug-likeness (QED) is 0.0867. The number of carbonyl (C=O) groups excluding carboxylic acids is 4. The lowest BCUT2D eigenvalue weighted by Gasteiger charge is -2.49. The van der Waals surface area contributed by atoms with E-state index in [1.165, 1.54) is 55.4 Å². The Bertz CT molecular complexity index is 5780. The third-order valence-corrected chi connectivity index (χ3v) is 24.4. The second kappa shape index (κ2) is 37.5. The number of benzene rings is 1. The van der Waals surface area contributed by atoms with Gasteiger partial charge < -0.3 is 38.5 Å². The minimum absolute atomic E-state index is 0.00705. The van der Waals surface area contributed by atoms with Gasteiger partial charge in [0, 0.05) is 100 Å². The minimum Gasteiger partial charge on any atom is -0.471 e. The second-order valence-corrected chi connectivity index (χ2v) is 33.6. The SMILES string of the molecule is Cc1ccc(-c2ncccn2)c(C(=O)N2CC3CCC2C(Oc2ncc(Cl)cn2)C3)n1.Cc1cnc(C(=O)N2CC3CCC2C(Oc2cnc(C)cn2)C3)c(-c2ncccn2)c1.Cc1cnc(OC2CC3CCC2N(C(=O)c2ncc(C)cc2-c2ncccn2)C3)c(F)c1.O=C(c1cccc(F)c1-c1ncccn1)N1CC2CCC1C(Oc1ncc(Cl)cn1)C2. The predicted octanol–water partition coefficient (Wildman–Crippen LogP) is 13.9.